The third kappa shape index (κ3) is 9.79. The molecule has 0 unspecified atom stereocenters. The molecule has 0 spiro atoms. The number of para-hydroxylation sites is 1. The Labute approximate surface area is 461 Å². The van der Waals surface area contributed by atoms with E-state index in [-0.39, 0.29) is 0 Å². The van der Waals surface area contributed by atoms with Gasteiger partial charge in [0, 0.05) is 32.9 Å². The van der Waals surface area contributed by atoms with Crippen LogP contribution in [0.4, 0.5) is 0 Å². The molecule has 0 saturated heterocycles. The van der Waals surface area contributed by atoms with Gasteiger partial charge in [0.25, 0.3) is 0 Å². The SMILES string of the molecule is C/C=C\C=C/C.C=C/C(=C\C=C/C)c1ccc(-c2cccc(-n3c4ccc(-c5ccc6c(c5)c5ccccc5n6-c5cccc(-c6ccccc6)c5)cc4c4c5cccc6c5c(cc43)-c3ccccc3-6)c2)cc1.CC.CCC. The van der Waals surface area contributed by atoms with Gasteiger partial charge in [-0.2, -0.15) is 0 Å². The van der Waals surface area contributed by atoms with Crippen molar-refractivity contribution < 1.29 is 0 Å². The maximum Gasteiger partial charge on any atom is 0.0553 e. The van der Waals surface area contributed by atoms with Crippen molar-refractivity contribution in [2.24, 2.45) is 0 Å². The third-order valence-electron chi connectivity index (χ3n) is 14.5. The highest BCUT2D eigenvalue weighted by atomic mass is 15.0. The van der Waals surface area contributed by atoms with Crippen LogP contribution >= 0.6 is 0 Å². The van der Waals surface area contributed by atoms with Gasteiger partial charge < -0.3 is 9.13 Å². The van der Waals surface area contributed by atoms with Crippen LogP contribution in [0.1, 0.15) is 60.5 Å². The summed E-state index contributed by atoms with van der Waals surface area (Å²) < 4.78 is 4.91. The maximum absolute atomic E-state index is 4.07. The summed E-state index contributed by atoms with van der Waals surface area (Å²) in [4.78, 5) is 0. The van der Waals surface area contributed by atoms with Crippen LogP contribution in [0.15, 0.2) is 268 Å². The van der Waals surface area contributed by atoms with Gasteiger partial charge in [0.1, 0.15) is 0 Å². The summed E-state index contributed by atoms with van der Waals surface area (Å²) in [6.45, 7) is 18.4. The zero-order valence-corrected chi connectivity index (χ0v) is 46.1. The minimum Gasteiger partial charge on any atom is -0.309 e. The number of rotatable bonds is 9. The molecular weight excluding hydrogens is 941 g/mol. The Balaban J connectivity index is 0.000000577. The molecule has 2 aromatic heterocycles. The first-order chi connectivity index (χ1) is 38.5. The van der Waals surface area contributed by atoms with E-state index in [0.717, 1.165) is 22.5 Å². The van der Waals surface area contributed by atoms with Gasteiger partial charge in [0.2, 0.25) is 0 Å². The van der Waals surface area contributed by atoms with E-state index in [0.29, 0.717) is 0 Å². The van der Waals surface area contributed by atoms with Crippen molar-refractivity contribution in [3.63, 3.8) is 0 Å². The van der Waals surface area contributed by atoms with Crippen LogP contribution in [-0.4, -0.2) is 9.13 Å². The van der Waals surface area contributed by atoms with Crippen LogP contribution in [0.5, 0.6) is 0 Å². The van der Waals surface area contributed by atoms with Crippen LogP contribution in [0.3, 0.4) is 0 Å². The Kier molecular flexibility index (Phi) is 15.9. The van der Waals surface area contributed by atoms with Crippen LogP contribution in [0, 0.1) is 0 Å². The zero-order valence-electron chi connectivity index (χ0n) is 46.1. The molecule has 2 heteroatoms. The molecule has 78 heavy (non-hydrogen) atoms. The minimum absolute atomic E-state index is 1.10. The molecule has 0 atom stereocenters. The van der Waals surface area contributed by atoms with Crippen LogP contribution in [0.25, 0.3) is 127 Å². The van der Waals surface area contributed by atoms with Crippen molar-refractivity contribution in [3.8, 4) is 67.0 Å². The second kappa shape index (κ2) is 23.8. The monoisotopic (exact) mass is 1010 g/mol. The third-order valence-corrected chi connectivity index (χ3v) is 14.5. The second-order valence-corrected chi connectivity index (χ2v) is 19.4. The smallest absolute Gasteiger partial charge is 0.0553 e. The van der Waals surface area contributed by atoms with Crippen molar-refractivity contribution in [2.75, 3.05) is 0 Å². The van der Waals surface area contributed by atoms with Gasteiger partial charge in [0.15, 0.2) is 0 Å². The molecule has 2 heterocycles. The lowest BCUT2D eigenvalue weighted by atomic mass is 9.96. The molecule has 10 aromatic carbocycles. The van der Waals surface area contributed by atoms with E-state index in [1.165, 1.54) is 116 Å². The predicted molar refractivity (Wildman–Crippen MR) is 343 cm³/mol. The quantitative estimate of drug-likeness (QED) is 0.128. The lowest BCUT2D eigenvalue weighted by Crippen LogP contribution is -1.95. The standard InChI is InChI=1S/C65H44N2.C6H10.C3H8.C2H6/c1-3-5-16-42(4-2)44-29-31-45(32-30-44)47-20-14-22-51(38-47)67-62-36-34-49(40-59(62)65-56-27-15-26-55-52-23-9-10-24-53(52)58(64(55)56)41-63(65)67)48-33-35-61-57(39-48)54-25-11-12-28-60(54)66(61)50-21-13-19-46(37-50)43-17-7-6-8-18-43;1-3-5-6-4-2;1-3-2;1-2/h3-41H,2H2,1H3;3-6H,1-2H3;3H2,1-2H3;1-2H3/b5-3-,42-16+;5-3-,6-4-;;. The number of hydrogen-bond acceptors (Lipinski definition) is 0. The Morgan fingerprint density at radius 2 is 0.833 bits per heavy atom. The number of fused-ring (bicyclic) bond motifs is 10. The van der Waals surface area contributed by atoms with E-state index in [9.17, 15) is 0 Å². The molecule has 13 rings (SSSR count). The van der Waals surface area contributed by atoms with Gasteiger partial charge in [0.05, 0.1) is 22.1 Å². The van der Waals surface area contributed by atoms with Gasteiger partial charge in [-0.05, 0) is 159 Å². The first kappa shape index (κ1) is 52.2. The first-order valence-electron chi connectivity index (χ1n) is 27.7. The number of hydrogen-bond donors (Lipinski definition) is 0. The summed E-state index contributed by atoms with van der Waals surface area (Å²) in [5, 5.41) is 7.62. The molecular formula is C76H68N2. The summed E-state index contributed by atoms with van der Waals surface area (Å²) in [5.41, 5.74) is 21.7. The number of benzene rings is 10. The van der Waals surface area contributed by atoms with E-state index in [1.54, 1.807) is 0 Å². The summed E-state index contributed by atoms with van der Waals surface area (Å²) >= 11 is 0. The van der Waals surface area contributed by atoms with Crippen LogP contribution in [-0.2, 0) is 0 Å². The Morgan fingerprint density at radius 3 is 1.46 bits per heavy atom. The highest BCUT2D eigenvalue weighted by Crippen LogP contribution is 2.51. The molecule has 0 saturated carbocycles. The molecule has 382 valence electrons. The van der Waals surface area contributed by atoms with E-state index >= 15 is 0 Å². The maximum atomic E-state index is 4.07. The van der Waals surface area contributed by atoms with E-state index in [1.807, 2.05) is 71.1 Å². The molecule has 0 radical (unpaired) electrons. The highest BCUT2D eigenvalue weighted by molar-refractivity contribution is 6.29. The molecule has 0 bridgehead atoms. The molecule has 12 aromatic rings. The summed E-state index contributed by atoms with van der Waals surface area (Å²) in [6.07, 6.45) is 17.4. The average Bonchev–Trinajstić information content (AvgIpc) is 4.36. The van der Waals surface area contributed by atoms with Crippen molar-refractivity contribution >= 4 is 60.0 Å². The van der Waals surface area contributed by atoms with Gasteiger partial charge in [-0.15, -0.1) is 0 Å². The Morgan fingerprint density at radius 1 is 0.372 bits per heavy atom. The fourth-order valence-corrected chi connectivity index (χ4v) is 11.1. The van der Waals surface area contributed by atoms with Crippen molar-refractivity contribution in [2.45, 2.75) is 54.9 Å². The van der Waals surface area contributed by atoms with Crippen molar-refractivity contribution in [1.29, 1.82) is 0 Å². The molecule has 0 fully saturated rings. The van der Waals surface area contributed by atoms with Gasteiger partial charge in [-0.1, -0.05) is 241 Å². The normalized spacial score (nSPS) is 11.8. The fraction of sp³-hybridized carbons (Fsp3) is 0.105. The molecule has 0 N–H and O–H groups in total. The highest BCUT2D eigenvalue weighted by Gasteiger charge is 2.26. The molecule has 1 aliphatic rings. The van der Waals surface area contributed by atoms with E-state index in [4.69, 9.17) is 0 Å². The molecule has 2 nitrogen and oxygen atoms in total. The number of allylic oxidation sites excluding steroid dienone is 9. The number of nitrogens with zero attached hydrogens (tertiary/aromatic N) is 2. The molecule has 1 aliphatic carbocycles. The van der Waals surface area contributed by atoms with Crippen LogP contribution < -0.4 is 0 Å². The van der Waals surface area contributed by atoms with E-state index in [2.05, 4.69) is 254 Å². The van der Waals surface area contributed by atoms with E-state index < -0.39 is 0 Å². The van der Waals surface area contributed by atoms with Gasteiger partial charge in [-0.25, -0.2) is 0 Å². The minimum atomic E-state index is 1.10. The van der Waals surface area contributed by atoms with Crippen molar-refractivity contribution in [1.82, 2.24) is 9.13 Å². The fourth-order valence-electron chi connectivity index (χ4n) is 11.1. The van der Waals surface area contributed by atoms with Gasteiger partial charge in [-0.3, -0.25) is 0 Å². The Bertz CT molecular complexity index is 4230. The lowest BCUT2D eigenvalue weighted by molar-refractivity contribution is 1.09. The lowest BCUT2D eigenvalue weighted by Gasteiger charge is -2.12. The predicted octanol–water partition coefficient (Wildman–Crippen LogP) is 22.4. The summed E-state index contributed by atoms with van der Waals surface area (Å²) in [7, 11) is 0. The summed E-state index contributed by atoms with van der Waals surface area (Å²) in [6, 6.07) is 78.6. The number of aromatic nitrogens is 2. The van der Waals surface area contributed by atoms with Crippen molar-refractivity contribution in [3.05, 3.63) is 273 Å². The molecule has 0 aliphatic heterocycles. The topological polar surface area (TPSA) is 9.86 Å². The average molecular weight is 1010 g/mol. The zero-order chi connectivity index (χ0) is 54.1. The second-order valence-electron chi connectivity index (χ2n) is 19.4. The molecule has 0 amide bonds. The largest absolute Gasteiger partial charge is 0.309 e. The Hall–Kier alpha value is -9.24. The first-order valence-corrected chi connectivity index (χ1v) is 27.7. The van der Waals surface area contributed by atoms with Gasteiger partial charge >= 0.3 is 0 Å². The van der Waals surface area contributed by atoms with Crippen LogP contribution in [0.2, 0.25) is 0 Å². The summed E-state index contributed by atoms with van der Waals surface area (Å²) in [5.74, 6) is 0.